The van der Waals surface area contributed by atoms with E-state index < -0.39 is 37.3 Å². The molecule has 0 bridgehead atoms. The van der Waals surface area contributed by atoms with Crippen LogP contribution in [-0.2, 0) is 14.3 Å². The van der Waals surface area contributed by atoms with Crippen LogP contribution in [0.25, 0.3) is 0 Å². The maximum atomic E-state index is 11.7. The van der Waals surface area contributed by atoms with Crippen LogP contribution in [0.15, 0.2) is 0 Å². The van der Waals surface area contributed by atoms with Crippen molar-refractivity contribution in [2.75, 3.05) is 13.2 Å². The summed E-state index contributed by atoms with van der Waals surface area (Å²) in [4.78, 5) is 21.2. The predicted octanol–water partition coefficient (Wildman–Crippen LogP) is 0.935. The molecule has 8 heteroatoms. The molecule has 0 aliphatic heterocycles. The minimum Gasteiger partial charge on any atom is -0.481 e. The average molecular weight is 257 g/mol. The molecular weight excluding hydrogens is 243 g/mol. The van der Waals surface area contributed by atoms with E-state index in [4.69, 9.17) is 5.11 Å². The van der Waals surface area contributed by atoms with Crippen molar-refractivity contribution in [1.29, 1.82) is 0 Å². The van der Waals surface area contributed by atoms with E-state index in [1.807, 2.05) is 0 Å². The second-order valence-corrected chi connectivity index (χ2v) is 3.51. The fraction of sp³-hybridized carbons (Fsp3) is 0.778. The van der Waals surface area contributed by atoms with Crippen LogP contribution in [0.5, 0.6) is 0 Å². The van der Waals surface area contributed by atoms with Gasteiger partial charge in [0.05, 0.1) is 0 Å². The summed E-state index contributed by atoms with van der Waals surface area (Å²) in [6.45, 7) is -0.620. The summed E-state index contributed by atoms with van der Waals surface area (Å²) >= 11 is 0. The van der Waals surface area contributed by atoms with Crippen molar-refractivity contribution in [2.24, 2.45) is 0 Å². The maximum absolute atomic E-state index is 11.7. The molecule has 1 amide bonds. The number of carbonyl (C=O) groups excluding carboxylic acids is 1. The van der Waals surface area contributed by atoms with E-state index in [1.54, 1.807) is 6.92 Å². The lowest BCUT2D eigenvalue weighted by Gasteiger charge is -2.13. The van der Waals surface area contributed by atoms with Crippen LogP contribution < -0.4 is 5.32 Å². The summed E-state index contributed by atoms with van der Waals surface area (Å²) in [6, 6.07) is -0.423. The Balaban J connectivity index is 3.68. The molecule has 0 aromatic rings. The van der Waals surface area contributed by atoms with E-state index in [0.29, 0.717) is 0 Å². The minimum absolute atomic E-state index is 0.120. The lowest BCUT2D eigenvalue weighted by atomic mass is 10.2. The van der Waals surface area contributed by atoms with Gasteiger partial charge in [0.15, 0.2) is 0 Å². The van der Waals surface area contributed by atoms with Crippen molar-refractivity contribution in [1.82, 2.24) is 5.32 Å². The van der Waals surface area contributed by atoms with Gasteiger partial charge in [-0.3, -0.25) is 9.59 Å². The first-order valence-corrected chi connectivity index (χ1v) is 4.86. The summed E-state index contributed by atoms with van der Waals surface area (Å²) in [5, 5.41) is 10.7. The standard InChI is InChI=1S/C9H14F3NO4/c1-6(2-3-8(15)16)13-7(14)4-17-5-9(10,11)12/h6H,2-5H2,1H3,(H,13,14)(H,15,16). The molecule has 5 nitrogen and oxygen atoms in total. The molecule has 0 spiro atoms. The number of aliphatic carboxylic acids is 1. The highest BCUT2D eigenvalue weighted by molar-refractivity contribution is 5.77. The van der Waals surface area contributed by atoms with Gasteiger partial charge < -0.3 is 15.2 Å². The summed E-state index contributed by atoms with van der Waals surface area (Å²) in [5.41, 5.74) is 0. The van der Waals surface area contributed by atoms with E-state index in [1.165, 1.54) is 0 Å². The number of rotatable bonds is 7. The van der Waals surface area contributed by atoms with Crippen LogP contribution in [0.2, 0.25) is 0 Å². The SMILES string of the molecule is CC(CCC(=O)O)NC(=O)COCC(F)(F)F. The quantitative estimate of drug-likeness (QED) is 0.711. The molecular formula is C9H14F3NO4. The lowest BCUT2D eigenvalue weighted by Crippen LogP contribution is -2.36. The number of halogens is 3. The second-order valence-electron chi connectivity index (χ2n) is 3.51. The first-order chi connectivity index (χ1) is 7.70. The monoisotopic (exact) mass is 257 g/mol. The fourth-order valence-electron chi connectivity index (χ4n) is 0.988. The summed E-state index contributed by atoms with van der Waals surface area (Å²) in [5.74, 6) is -1.70. The molecule has 0 aromatic carbocycles. The molecule has 0 saturated carbocycles. The smallest absolute Gasteiger partial charge is 0.411 e. The molecule has 17 heavy (non-hydrogen) atoms. The molecule has 0 fully saturated rings. The van der Waals surface area contributed by atoms with Gasteiger partial charge in [0, 0.05) is 12.5 Å². The van der Waals surface area contributed by atoms with E-state index in [9.17, 15) is 22.8 Å². The normalized spacial score (nSPS) is 13.2. The Bertz CT molecular complexity index is 267. The van der Waals surface area contributed by atoms with E-state index >= 15 is 0 Å². The Morgan fingerprint density at radius 2 is 2.00 bits per heavy atom. The Kier molecular flexibility index (Phi) is 6.55. The van der Waals surface area contributed by atoms with E-state index in [0.717, 1.165) is 0 Å². The average Bonchev–Trinajstić information content (AvgIpc) is 2.12. The van der Waals surface area contributed by atoms with Crippen molar-refractivity contribution < 1.29 is 32.6 Å². The second kappa shape index (κ2) is 7.10. The van der Waals surface area contributed by atoms with E-state index in [-0.39, 0.29) is 12.8 Å². The zero-order valence-corrected chi connectivity index (χ0v) is 9.21. The van der Waals surface area contributed by atoms with Gasteiger partial charge in [0.2, 0.25) is 5.91 Å². The third-order valence-electron chi connectivity index (χ3n) is 1.70. The van der Waals surface area contributed by atoms with Crippen LogP contribution in [-0.4, -0.2) is 42.4 Å². The number of alkyl halides is 3. The Morgan fingerprint density at radius 1 is 1.41 bits per heavy atom. The topological polar surface area (TPSA) is 75.6 Å². The van der Waals surface area contributed by atoms with Crippen LogP contribution in [0.1, 0.15) is 19.8 Å². The highest BCUT2D eigenvalue weighted by Gasteiger charge is 2.27. The number of carbonyl (C=O) groups is 2. The number of hydrogen-bond acceptors (Lipinski definition) is 3. The molecule has 0 aliphatic carbocycles. The van der Waals surface area contributed by atoms with Crippen LogP contribution >= 0.6 is 0 Å². The first-order valence-electron chi connectivity index (χ1n) is 4.86. The molecule has 100 valence electrons. The van der Waals surface area contributed by atoms with Gasteiger partial charge in [0.1, 0.15) is 13.2 Å². The van der Waals surface area contributed by atoms with Crippen LogP contribution in [0, 0.1) is 0 Å². The number of nitrogens with one attached hydrogen (secondary N) is 1. The molecule has 1 atom stereocenters. The Hall–Kier alpha value is -1.31. The summed E-state index contributed by atoms with van der Waals surface area (Å²) in [6.07, 6.45) is -4.37. The number of amides is 1. The molecule has 1 unspecified atom stereocenters. The largest absolute Gasteiger partial charge is 0.481 e. The Morgan fingerprint density at radius 3 is 2.47 bits per heavy atom. The van der Waals surface area contributed by atoms with Crippen LogP contribution in [0.3, 0.4) is 0 Å². The molecule has 2 N–H and O–H groups in total. The molecule has 0 aliphatic rings. The van der Waals surface area contributed by atoms with Gasteiger partial charge in [-0.1, -0.05) is 0 Å². The summed E-state index contributed by atoms with van der Waals surface area (Å²) in [7, 11) is 0. The molecule has 0 rings (SSSR count). The highest BCUT2D eigenvalue weighted by Crippen LogP contribution is 2.14. The fourth-order valence-corrected chi connectivity index (χ4v) is 0.988. The number of ether oxygens (including phenoxy) is 1. The number of carboxylic acid groups (broad SMARTS) is 1. The van der Waals surface area contributed by atoms with Crippen molar-refractivity contribution >= 4 is 11.9 Å². The predicted molar refractivity (Wildman–Crippen MR) is 51.3 cm³/mol. The number of carboxylic acids is 1. The van der Waals surface area contributed by atoms with Gasteiger partial charge >= 0.3 is 12.1 Å². The van der Waals surface area contributed by atoms with Crippen LogP contribution in [0.4, 0.5) is 13.2 Å². The highest BCUT2D eigenvalue weighted by atomic mass is 19.4. The van der Waals surface area contributed by atoms with Crippen molar-refractivity contribution in [3.05, 3.63) is 0 Å². The van der Waals surface area contributed by atoms with Gasteiger partial charge in [-0.25, -0.2) is 0 Å². The minimum atomic E-state index is -4.46. The van der Waals surface area contributed by atoms with Crippen molar-refractivity contribution in [3.8, 4) is 0 Å². The Labute approximate surface area is 95.9 Å². The molecule has 0 heterocycles. The first kappa shape index (κ1) is 15.7. The zero-order valence-electron chi connectivity index (χ0n) is 9.21. The van der Waals surface area contributed by atoms with Gasteiger partial charge in [-0.2, -0.15) is 13.2 Å². The van der Waals surface area contributed by atoms with E-state index in [2.05, 4.69) is 10.1 Å². The summed E-state index contributed by atoms with van der Waals surface area (Å²) < 4.78 is 39.1. The van der Waals surface area contributed by atoms with Crippen molar-refractivity contribution in [2.45, 2.75) is 32.0 Å². The molecule has 0 saturated heterocycles. The zero-order chi connectivity index (χ0) is 13.5. The van der Waals surface area contributed by atoms with Gasteiger partial charge in [-0.05, 0) is 13.3 Å². The lowest BCUT2D eigenvalue weighted by molar-refractivity contribution is -0.175. The van der Waals surface area contributed by atoms with Gasteiger partial charge in [-0.15, -0.1) is 0 Å². The maximum Gasteiger partial charge on any atom is 0.411 e. The molecule has 0 aromatic heterocycles. The molecule has 0 radical (unpaired) electrons. The third kappa shape index (κ3) is 11.0. The number of hydrogen-bond donors (Lipinski definition) is 2. The van der Waals surface area contributed by atoms with Crippen molar-refractivity contribution in [3.63, 3.8) is 0 Å². The van der Waals surface area contributed by atoms with Gasteiger partial charge in [0.25, 0.3) is 0 Å². The third-order valence-corrected chi connectivity index (χ3v) is 1.70.